The van der Waals surface area contributed by atoms with E-state index in [1.807, 2.05) is 6.92 Å². The predicted octanol–water partition coefficient (Wildman–Crippen LogP) is -0.330. The van der Waals surface area contributed by atoms with Gasteiger partial charge in [0.15, 0.2) is 5.69 Å². The standard InChI is InChI=1S/C7H12N4O/c1-4-5(8)6(7(12)9-2)10-11(4)3/h8H2,1-3H3,(H,9,12). The molecule has 0 unspecified atom stereocenters. The zero-order chi connectivity index (χ0) is 9.30. The Balaban J connectivity index is 3.17. The lowest BCUT2D eigenvalue weighted by Crippen LogP contribution is -2.19. The molecule has 1 rings (SSSR count). The molecule has 66 valence electrons. The average Bonchev–Trinajstić information content (AvgIpc) is 2.32. The van der Waals surface area contributed by atoms with Crippen LogP contribution in [0.1, 0.15) is 16.2 Å². The molecule has 0 aliphatic heterocycles. The van der Waals surface area contributed by atoms with Crippen molar-refractivity contribution in [3.63, 3.8) is 0 Å². The minimum absolute atomic E-state index is 0.254. The van der Waals surface area contributed by atoms with Crippen molar-refractivity contribution in [2.75, 3.05) is 12.8 Å². The number of aryl methyl sites for hydroxylation is 1. The number of nitrogens with one attached hydrogen (secondary N) is 1. The van der Waals surface area contributed by atoms with Crippen LogP contribution in [0, 0.1) is 6.92 Å². The predicted molar refractivity (Wildman–Crippen MR) is 45.7 cm³/mol. The molecule has 1 amide bonds. The summed E-state index contributed by atoms with van der Waals surface area (Å²) < 4.78 is 1.58. The SMILES string of the molecule is CNC(=O)c1nn(C)c(C)c1N. The number of aromatic nitrogens is 2. The summed E-state index contributed by atoms with van der Waals surface area (Å²) in [6, 6.07) is 0. The first-order chi connectivity index (χ1) is 5.57. The number of amides is 1. The van der Waals surface area contributed by atoms with Crippen LogP contribution in [0.4, 0.5) is 5.69 Å². The van der Waals surface area contributed by atoms with Crippen molar-refractivity contribution >= 4 is 11.6 Å². The largest absolute Gasteiger partial charge is 0.395 e. The molecule has 0 aliphatic carbocycles. The number of nitrogen functional groups attached to an aromatic ring is 1. The number of nitrogens with two attached hydrogens (primary N) is 1. The van der Waals surface area contributed by atoms with Crippen molar-refractivity contribution in [2.24, 2.45) is 7.05 Å². The lowest BCUT2D eigenvalue weighted by atomic mass is 10.3. The van der Waals surface area contributed by atoms with E-state index in [-0.39, 0.29) is 11.6 Å². The van der Waals surface area contributed by atoms with E-state index in [9.17, 15) is 4.79 Å². The van der Waals surface area contributed by atoms with Crippen LogP contribution in [0.15, 0.2) is 0 Å². The Morgan fingerprint density at radius 1 is 1.67 bits per heavy atom. The molecule has 1 aromatic heterocycles. The van der Waals surface area contributed by atoms with Crippen LogP contribution in [0.5, 0.6) is 0 Å². The molecule has 0 bridgehead atoms. The summed E-state index contributed by atoms with van der Waals surface area (Å²) in [5, 5.41) is 6.43. The summed E-state index contributed by atoms with van der Waals surface area (Å²) >= 11 is 0. The zero-order valence-corrected chi connectivity index (χ0v) is 7.38. The Kier molecular flexibility index (Phi) is 2.03. The second-order valence-corrected chi connectivity index (χ2v) is 2.55. The Morgan fingerprint density at radius 3 is 2.58 bits per heavy atom. The number of rotatable bonds is 1. The monoisotopic (exact) mass is 168 g/mol. The molecule has 3 N–H and O–H groups in total. The first-order valence-electron chi connectivity index (χ1n) is 3.59. The third-order valence-corrected chi connectivity index (χ3v) is 1.82. The number of carbonyl (C=O) groups is 1. The molecule has 0 aliphatic rings. The third kappa shape index (κ3) is 1.13. The van der Waals surface area contributed by atoms with E-state index in [1.54, 1.807) is 18.8 Å². The van der Waals surface area contributed by atoms with Gasteiger partial charge in [0.1, 0.15) is 0 Å². The van der Waals surface area contributed by atoms with Gasteiger partial charge in [-0.15, -0.1) is 0 Å². The first-order valence-corrected chi connectivity index (χ1v) is 3.59. The topological polar surface area (TPSA) is 72.9 Å². The van der Waals surface area contributed by atoms with Crippen LogP contribution in [0.2, 0.25) is 0 Å². The Morgan fingerprint density at radius 2 is 2.25 bits per heavy atom. The Labute approximate surface area is 70.5 Å². The lowest BCUT2D eigenvalue weighted by molar-refractivity contribution is 0.0958. The van der Waals surface area contributed by atoms with E-state index in [4.69, 9.17) is 5.73 Å². The fourth-order valence-electron chi connectivity index (χ4n) is 0.911. The first kappa shape index (κ1) is 8.58. The summed E-state index contributed by atoms with van der Waals surface area (Å²) in [7, 11) is 3.30. The summed E-state index contributed by atoms with van der Waals surface area (Å²) in [5.74, 6) is -0.254. The molecule has 0 fully saturated rings. The molecule has 5 heteroatoms. The summed E-state index contributed by atoms with van der Waals surface area (Å²) in [6.07, 6.45) is 0. The fraction of sp³-hybridized carbons (Fsp3) is 0.429. The van der Waals surface area contributed by atoms with E-state index in [1.165, 1.54) is 0 Å². The molecule has 1 aromatic rings. The van der Waals surface area contributed by atoms with E-state index in [0.717, 1.165) is 5.69 Å². The lowest BCUT2D eigenvalue weighted by Gasteiger charge is -1.94. The quantitative estimate of drug-likeness (QED) is 0.603. The van der Waals surface area contributed by atoms with Gasteiger partial charge in [-0.2, -0.15) is 5.10 Å². The van der Waals surface area contributed by atoms with E-state index in [0.29, 0.717) is 5.69 Å². The number of nitrogens with zero attached hydrogens (tertiary/aromatic N) is 2. The summed E-state index contributed by atoms with van der Waals surface area (Å²) in [5.41, 5.74) is 7.17. The number of carbonyl (C=O) groups excluding carboxylic acids is 1. The van der Waals surface area contributed by atoms with Gasteiger partial charge in [0, 0.05) is 14.1 Å². The highest BCUT2D eigenvalue weighted by molar-refractivity contribution is 5.97. The normalized spacial score (nSPS) is 9.92. The number of anilines is 1. The molecule has 1 heterocycles. The van der Waals surface area contributed by atoms with Crippen LogP contribution in [-0.4, -0.2) is 22.7 Å². The smallest absolute Gasteiger partial charge is 0.273 e. The van der Waals surface area contributed by atoms with Crippen LogP contribution < -0.4 is 11.1 Å². The van der Waals surface area contributed by atoms with Gasteiger partial charge in [0.2, 0.25) is 0 Å². The van der Waals surface area contributed by atoms with E-state index in [2.05, 4.69) is 10.4 Å². The Hall–Kier alpha value is -1.52. The Bertz CT molecular complexity index is 315. The average molecular weight is 168 g/mol. The molecule has 0 saturated heterocycles. The summed E-state index contributed by atoms with van der Waals surface area (Å²) in [4.78, 5) is 11.1. The van der Waals surface area contributed by atoms with Crippen molar-refractivity contribution < 1.29 is 4.79 Å². The van der Waals surface area contributed by atoms with Gasteiger partial charge < -0.3 is 11.1 Å². The van der Waals surface area contributed by atoms with Crippen molar-refractivity contribution in [2.45, 2.75) is 6.92 Å². The maximum atomic E-state index is 11.1. The van der Waals surface area contributed by atoms with Gasteiger partial charge >= 0.3 is 0 Å². The van der Waals surface area contributed by atoms with Crippen molar-refractivity contribution in [3.05, 3.63) is 11.4 Å². The molecular formula is C7H12N4O. The molecule has 0 atom stereocenters. The van der Waals surface area contributed by atoms with Gasteiger partial charge in [-0.05, 0) is 6.92 Å². The molecule has 12 heavy (non-hydrogen) atoms. The van der Waals surface area contributed by atoms with Gasteiger partial charge in [-0.25, -0.2) is 0 Å². The van der Waals surface area contributed by atoms with Gasteiger partial charge in [-0.3, -0.25) is 9.48 Å². The fourth-order valence-corrected chi connectivity index (χ4v) is 0.911. The highest BCUT2D eigenvalue weighted by atomic mass is 16.1. The minimum atomic E-state index is -0.254. The second-order valence-electron chi connectivity index (χ2n) is 2.55. The van der Waals surface area contributed by atoms with Crippen LogP contribution >= 0.6 is 0 Å². The van der Waals surface area contributed by atoms with Crippen LogP contribution in [0.3, 0.4) is 0 Å². The highest BCUT2D eigenvalue weighted by Crippen LogP contribution is 2.14. The van der Waals surface area contributed by atoms with Crippen LogP contribution in [0.25, 0.3) is 0 Å². The maximum Gasteiger partial charge on any atom is 0.273 e. The molecule has 0 spiro atoms. The summed E-state index contributed by atoms with van der Waals surface area (Å²) in [6.45, 7) is 1.81. The maximum absolute atomic E-state index is 11.1. The number of hydrogen-bond acceptors (Lipinski definition) is 3. The number of hydrogen-bond donors (Lipinski definition) is 2. The van der Waals surface area contributed by atoms with Crippen molar-refractivity contribution in [1.29, 1.82) is 0 Å². The van der Waals surface area contributed by atoms with E-state index >= 15 is 0 Å². The molecule has 0 saturated carbocycles. The minimum Gasteiger partial charge on any atom is -0.395 e. The molecule has 0 radical (unpaired) electrons. The van der Waals surface area contributed by atoms with Gasteiger partial charge in [0.25, 0.3) is 5.91 Å². The van der Waals surface area contributed by atoms with Gasteiger partial charge in [0.05, 0.1) is 11.4 Å². The highest BCUT2D eigenvalue weighted by Gasteiger charge is 2.15. The molecule has 5 nitrogen and oxygen atoms in total. The van der Waals surface area contributed by atoms with E-state index < -0.39 is 0 Å². The second kappa shape index (κ2) is 2.84. The van der Waals surface area contributed by atoms with Crippen LogP contribution in [-0.2, 0) is 7.05 Å². The zero-order valence-electron chi connectivity index (χ0n) is 7.38. The molecular weight excluding hydrogens is 156 g/mol. The van der Waals surface area contributed by atoms with Crippen molar-refractivity contribution in [3.8, 4) is 0 Å². The third-order valence-electron chi connectivity index (χ3n) is 1.82. The molecule has 0 aromatic carbocycles. The van der Waals surface area contributed by atoms with Gasteiger partial charge in [-0.1, -0.05) is 0 Å². The van der Waals surface area contributed by atoms with Crippen molar-refractivity contribution in [1.82, 2.24) is 15.1 Å².